The summed E-state index contributed by atoms with van der Waals surface area (Å²) in [6.07, 6.45) is 3.79. The highest BCUT2D eigenvalue weighted by atomic mass is 16.5. The summed E-state index contributed by atoms with van der Waals surface area (Å²) in [5, 5.41) is 0. The minimum atomic E-state index is -0.149. The maximum Gasteiger partial charge on any atom is 0.232 e. The topological polar surface area (TPSA) is 46.6 Å². The van der Waals surface area contributed by atoms with Gasteiger partial charge in [-0.3, -0.25) is 9.59 Å². The monoisotopic (exact) mass is 169 g/mol. The van der Waals surface area contributed by atoms with Gasteiger partial charge in [0.1, 0.15) is 0 Å². The summed E-state index contributed by atoms with van der Waals surface area (Å²) < 4.78 is 4.91. The van der Waals surface area contributed by atoms with E-state index in [0.717, 1.165) is 4.90 Å². The van der Waals surface area contributed by atoms with Gasteiger partial charge in [-0.1, -0.05) is 6.08 Å². The fourth-order valence-corrected chi connectivity index (χ4v) is 0.981. The maximum absolute atomic E-state index is 11.0. The molecule has 12 heavy (non-hydrogen) atoms. The molecular formula is C8H11NO3. The number of hydrogen-bond donors (Lipinski definition) is 0. The Balaban J connectivity index is 2.39. The van der Waals surface area contributed by atoms with Crippen LogP contribution >= 0.6 is 0 Å². The summed E-state index contributed by atoms with van der Waals surface area (Å²) in [7, 11) is 0. The second-order valence-electron chi connectivity index (χ2n) is 2.48. The zero-order chi connectivity index (χ0) is 8.97. The Bertz CT molecular complexity index is 206. The third kappa shape index (κ3) is 1.84. The van der Waals surface area contributed by atoms with Crippen LogP contribution in [0.4, 0.5) is 0 Å². The smallest absolute Gasteiger partial charge is 0.232 e. The first kappa shape index (κ1) is 8.77. The summed E-state index contributed by atoms with van der Waals surface area (Å²) in [4.78, 5) is 23.1. The van der Waals surface area contributed by atoms with Crippen LogP contribution in [-0.2, 0) is 14.3 Å². The Morgan fingerprint density at radius 1 is 1.42 bits per heavy atom. The first-order valence-corrected chi connectivity index (χ1v) is 3.81. The number of carbonyl (C=O) groups is 2. The van der Waals surface area contributed by atoms with E-state index in [-0.39, 0.29) is 18.5 Å². The van der Waals surface area contributed by atoms with Crippen molar-refractivity contribution < 1.29 is 14.3 Å². The van der Waals surface area contributed by atoms with Crippen molar-refractivity contribution in [1.29, 1.82) is 0 Å². The number of amides is 2. The van der Waals surface area contributed by atoms with Crippen LogP contribution in [0.25, 0.3) is 0 Å². The van der Waals surface area contributed by atoms with Gasteiger partial charge >= 0.3 is 0 Å². The molecule has 2 amide bonds. The molecule has 0 aromatic carbocycles. The van der Waals surface area contributed by atoms with Gasteiger partial charge in [-0.05, 0) is 6.92 Å². The van der Waals surface area contributed by atoms with Gasteiger partial charge in [0.2, 0.25) is 11.8 Å². The lowest BCUT2D eigenvalue weighted by Gasteiger charge is -2.11. The molecule has 1 aliphatic heterocycles. The van der Waals surface area contributed by atoms with Crippen molar-refractivity contribution in [3.8, 4) is 0 Å². The molecule has 0 spiro atoms. The molecule has 1 saturated heterocycles. The highest BCUT2D eigenvalue weighted by Crippen LogP contribution is 2.10. The number of rotatable bonds is 3. The third-order valence-corrected chi connectivity index (χ3v) is 1.59. The fraction of sp³-hybridized carbons (Fsp3) is 0.500. The van der Waals surface area contributed by atoms with Crippen molar-refractivity contribution in [2.24, 2.45) is 0 Å². The standard InChI is InChI=1S/C8H11NO3/c1-2-5-12-6-9-7(10)3-4-8(9)11/h2,5H,3-4,6H2,1H3/b5-2+. The van der Waals surface area contributed by atoms with Crippen LogP contribution in [0.15, 0.2) is 12.3 Å². The molecule has 1 heterocycles. The molecule has 0 bridgehead atoms. The van der Waals surface area contributed by atoms with E-state index < -0.39 is 0 Å². The van der Waals surface area contributed by atoms with Crippen LogP contribution < -0.4 is 0 Å². The zero-order valence-electron chi connectivity index (χ0n) is 6.95. The van der Waals surface area contributed by atoms with Gasteiger partial charge in [-0.2, -0.15) is 0 Å². The molecule has 0 aromatic heterocycles. The quantitative estimate of drug-likeness (QED) is 0.460. The van der Waals surface area contributed by atoms with Gasteiger partial charge < -0.3 is 4.74 Å². The fourth-order valence-electron chi connectivity index (χ4n) is 0.981. The minimum absolute atomic E-state index is 0.0437. The molecule has 0 radical (unpaired) electrons. The van der Waals surface area contributed by atoms with Crippen molar-refractivity contribution in [3.05, 3.63) is 12.3 Å². The van der Waals surface area contributed by atoms with Crippen molar-refractivity contribution >= 4 is 11.8 Å². The lowest BCUT2D eigenvalue weighted by molar-refractivity contribution is -0.142. The summed E-state index contributed by atoms with van der Waals surface area (Å²) in [5.74, 6) is -0.297. The van der Waals surface area contributed by atoms with Gasteiger partial charge in [0.25, 0.3) is 0 Å². The lowest BCUT2D eigenvalue weighted by atomic mass is 10.4. The van der Waals surface area contributed by atoms with Crippen LogP contribution in [0.2, 0.25) is 0 Å². The van der Waals surface area contributed by atoms with Crippen LogP contribution in [0.5, 0.6) is 0 Å². The van der Waals surface area contributed by atoms with Crippen molar-refractivity contribution in [1.82, 2.24) is 4.90 Å². The number of imide groups is 1. The predicted molar refractivity (Wildman–Crippen MR) is 41.9 cm³/mol. The first-order valence-electron chi connectivity index (χ1n) is 3.81. The molecule has 1 rings (SSSR count). The van der Waals surface area contributed by atoms with Gasteiger partial charge in [0, 0.05) is 12.8 Å². The number of hydrogen-bond acceptors (Lipinski definition) is 3. The van der Waals surface area contributed by atoms with Gasteiger partial charge in [-0.15, -0.1) is 0 Å². The molecule has 0 unspecified atom stereocenters. The normalized spacial score (nSPS) is 17.9. The molecule has 0 aliphatic carbocycles. The van der Waals surface area contributed by atoms with E-state index in [9.17, 15) is 9.59 Å². The number of carbonyl (C=O) groups excluding carboxylic acids is 2. The molecule has 1 fully saturated rings. The molecular weight excluding hydrogens is 158 g/mol. The Kier molecular flexibility index (Phi) is 2.85. The van der Waals surface area contributed by atoms with Crippen LogP contribution in [0.3, 0.4) is 0 Å². The Morgan fingerprint density at radius 3 is 2.50 bits per heavy atom. The highest BCUT2D eigenvalue weighted by Gasteiger charge is 2.28. The van der Waals surface area contributed by atoms with E-state index in [1.165, 1.54) is 6.26 Å². The summed E-state index contributed by atoms with van der Waals surface area (Å²) in [5.41, 5.74) is 0. The summed E-state index contributed by atoms with van der Waals surface area (Å²) in [6, 6.07) is 0. The van der Waals surface area contributed by atoms with E-state index >= 15 is 0 Å². The average molecular weight is 169 g/mol. The van der Waals surface area contributed by atoms with Gasteiger partial charge in [0.05, 0.1) is 6.26 Å². The molecule has 4 nitrogen and oxygen atoms in total. The molecule has 0 aromatic rings. The largest absolute Gasteiger partial charge is 0.481 e. The third-order valence-electron chi connectivity index (χ3n) is 1.59. The number of ether oxygens (including phenoxy) is 1. The molecule has 4 heteroatoms. The van der Waals surface area contributed by atoms with E-state index in [1.54, 1.807) is 13.0 Å². The number of nitrogens with zero attached hydrogens (tertiary/aromatic N) is 1. The SMILES string of the molecule is C/C=C/OCN1C(=O)CCC1=O. The molecule has 66 valence electrons. The van der Waals surface area contributed by atoms with Crippen LogP contribution in [0, 0.1) is 0 Å². The Labute approximate surface area is 70.8 Å². The second-order valence-corrected chi connectivity index (χ2v) is 2.48. The number of likely N-dealkylation sites (tertiary alicyclic amines) is 1. The van der Waals surface area contributed by atoms with Crippen LogP contribution in [-0.4, -0.2) is 23.4 Å². The highest BCUT2D eigenvalue weighted by molar-refractivity contribution is 6.01. The number of allylic oxidation sites excluding steroid dienone is 1. The lowest BCUT2D eigenvalue weighted by Crippen LogP contribution is -2.30. The van der Waals surface area contributed by atoms with E-state index in [0.29, 0.717) is 12.8 Å². The van der Waals surface area contributed by atoms with Crippen molar-refractivity contribution in [3.63, 3.8) is 0 Å². The molecule has 0 saturated carbocycles. The van der Waals surface area contributed by atoms with E-state index in [2.05, 4.69) is 0 Å². The predicted octanol–water partition coefficient (Wildman–Crippen LogP) is 0.643. The van der Waals surface area contributed by atoms with E-state index in [4.69, 9.17) is 4.74 Å². The minimum Gasteiger partial charge on any atom is -0.481 e. The van der Waals surface area contributed by atoms with E-state index in [1.807, 2.05) is 0 Å². The van der Waals surface area contributed by atoms with Crippen molar-refractivity contribution in [2.75, 3.05) is 6.73 Å². The van der Waals surface area contributed by atoms with Gasteiger partial charge in [-0.25, -0.2) is 4.90 Å². The molecule has 0 atom stereocenters. The summed E-state index contributed by atoms with van der Waals surface area (Å²) in [6.45, 7) is 1.84. The van der Waals surface area contributed by atoms with Crippen LogP contribution in [0.1, 0.15) is 19.8 Å². The average Bonchev–Trinajstić information content (AvgIpc) is 2.35. The first-order chi connectivity index (χ1) is 5.75. The van der Waals surface area contributed by atoms with Crippen molar-refractivity contribution in [2.45, 2.75) is 19.8 Å². The Hall–Kier alpha value is -1.32. The zero-order valence-corrected chi connectivity index (χ0v) is 6.95. The molecule has 1 aliphatic rings. The second kappa shape index (κ2) is 3.90. The maximum atomic E-state index is 11.0. The Morgan fingerprint density at radius 2 is 2.00 bits per heavy atom. The van der Waals surface area contributed by atoms with Gasteiger partial charge in [0.15, 0.2) is 6.73 Å². The molecule has 0 N–H and O–H groups in total. The summed E-state index contributed by atoms with van der Waals surface area (Å²) >= 11 is 0.